The Bertz CT molecular complexity index is 1000. The van der Waals surface area contributed by atoms with Crippen LogP contribution >= 0.6 is 0 Å². The summed E-state index contributed by atoms with van der Waals surface area (Å²) >= 11 is 0. The van der Waals surface area contributed by atoms with E-state index in [-0.39, 0.29) is 0 Å². The van der Waals surface area contributed by atoms with Gasteiger partial charge in [-0.2, -0.15) is 5.10 Å². The van der Waals surface area contributed by atoms with Gasteiger partial charge in [0.05, 0.1) is 17.1 Å². The number of H-pyrrole nitrogens is 1. The van der Waals surface area contributed by atoms with Crippen molar-refractivity contribution in [1.29, 1.82) is 0 Å². The number of nitrogens with zero attached hydrogens (tertiary/aromatic N) is 5. The van der Waals surface area contributed by atoms with E-state index in [1.54, 1.807) is 12.5 Å². The molecule has 0 bridgehead atoms. The molecule has 0 aliphatic heterocycles. The van der Waals surface area contributed by atoms with Gasteiger partial charge in [0.25, 0.3) is 0 Å². The smallest absolute Gasteiger partial charge is 0.133 e. The first kappa shape index (κ1) is 16.2. The van der Waals surface area contributed by atoms with Crippen molar-refractivity contribution in [1.82, 2.24) is 29.9 Å². The molecule has 0 radical (unpaired) electrons. The van der Waals surface area contributed by atoms with Crippen LogP contribution in [-0.2, 0) is 13.5 Å². The number of aryl methyl sites for hydroxylation is 1. The fraction of sp³-hybridized carbons (Fsp3) is 0.200. The number of rotatable bonds is 5. The SMILES string of the molecule is C[C@H](Cc1nncn1C)c1cccc(-c2cc(-c3ccccn3)[nH]n2)c1. The minimum Gasteiger partial charge on any atom is -0.321 e. The maximum absolute atomic E-state index is 4.46. The number of pyridine rings is 1. The average molecular weight is 344 g/mol. The van der Waals surface area contributed by atoms with Crippen molar-refractivity contribution in [2.75, 3.05) is 0 Å². The normalized spacial score (nSPS) is 12.2. The standard InChI is InChI=1S/C20H20N6/c1-14(10-20-25-22-13-26(20)2)15-6-5-7-16(11-15)18-12-19(24-23-18)17-8-3-4-9-21-17/h3-9,11-14H,10H2,1-2H3,(H,23,24)/t14-/m1/s1. The second kappa shape index (κ2) is 6.92. The molecule has 0 saturated carbocycles. The van der Waals surface area contributed by atoms with E-state index in [1.165, 1.54) is 5.56 Å². The topological polar surface area (TPSA) is 72.3 Å². The predicted octanol–water partition coefficient (Wildman–Crippen LogP) is 3.61. The summed E-state index contributed by atoms with van der Waals surface area (Å²) in [4.78, 5) is 4.37. The molecule has 0 unspecified atom stereocenters. The van der Waals surface area contributed by atoms with Gasteiger partial charge in [0.2, 0.25) is 0 Å². The van der Waals surface area contributed by atoms with Crippen molar-refractivity contribution in [2.24, 2.45) is 7.05 Å². The van der Waals surface area contributed by atoms with E-state index in [2.05, 4.69) is 56.6 Å². The number of nitrogens with one attached hydrogen (secondary N) is 1. The third-order valence-corrected chi connectivity index (χ3v) is 4.56. The van der Waals surface area contributed by atoms with Gasteiger partial charge in [0, 0.05) is 25.2 Å². The molecular formula is C20H20N6. The molecule has 4 aromatic rings. The second-order valence-corrected chi connectivity index (χ2v) is 6.47. The molecule has 3 aromatic heterocycles. The molecular weight excluding hydrogens is 324 g/mol. The van der Waals surface area contributed by atoms with Crippen LogP contribution < -0.4 is 0 Å². The first-order valence-electron chi connectivity index (χ1n) is 8.61. The molecule has 4 rings (SSSR count). The van der Waals surface area contributed by atoms with Crippen molar-refractivity contribution in [3.05, 3.63) is 72.4 Å². The van der Waals surface area contributed by atoms with Gasteiger partial charge in [-0.05, 0) is 35.7 Å². The molecule has 130 valence electrons. The number of benzene rings is 1. The summed E-state index contributed by atoms with van der Waals surface area (Å²) in [5, 5.41) is 15.7. The highest BCUT2D eigenvalue weighted by Crippen LogP contribution is 2.27. The fourth-order valence-corrected chi connectivity index (χ4v) is 3.01. The molecule has 0 fully saturated rings. The van der Waals surface area contributed by atoms with Crippen molar-refractivity contribution in [3.8, 4) is 22.6 Å². The monoisotopic (exact) mass is 344 g/mol. The summed E-state index contributed by atoms with van der Waals surface area (Å²) in [7, 11) is 1.97. The Hall–Kier alpha value is -3.28. The van der Waals surface area contributed by atoms with E-state index in [1.807, 2.05) is 35.9 Å². The van der Waals surface area contributed by atoms with Crippen LogP contribution in [0.25, 0.3) is 22.6 Å². The lowest BCUT2D eigenvalue weighted by Gasteiger charge is -2.12. The fourth-order valence-electron chi connectivity index (χ4n) is 3.01. The van der Waals surface area contributed by atoms with Crippen molar-refractivity contribution in [2.45, 2.75) is 19.3 Å². The van der Waals surface area contributed by atoms with Crippen LogP contribution in [0.5, 0.6) is 0 Å². The zero-order chi connectivity index (χ0) is 17.9. The van der Waals surface area contributed by atoms with Gasteiger partial charge in [-0.15, -0.1) is 10.2 Å². The van der Waals surface area contributed by atoms with Crippen molar-refractivity contribution >= 4 is 0 Å². The number of aromatic amines is 1. The molecule has 0 amide bonds. The Kier molecular flexibility index (Phi) is 4.31. The van der Waals surface area contributed by atoms with Crippen LogP contribution in [0.15, 0.2) is 61.1 Å². The van der Waals surface area contributed by atoms with E-state index in [0.717, 1.165) is 34.9 Å². The lowest BCUT2D eigenvalue weighted by Crippen LogP contribution is -2.04. The molecule has 1 N–H and O–H groups in total. The summed E-state index contributed by atoms with van der Waals surface area (Å²) < 4.78 is 1.97. The lowest BCUT2D eigenvalue weighted by atomic mass is 9.95. The molecule has 0 aliphatic rings. The third kappa shape index (κ3) is 3.26. The highest BCUT2D eigenvalue weighted by atomic mass is 15.2. The first-order valence-corrected chi connectivity index (χ1v) is 8.61. The molecule has 6 heteroatoms. The van der Waals surface area contributed by atoms with Crippen molar-refractivity contribution in [3.63, 3.8) is 0 Å². The van der Waals surface area contributed by atoms with E-state index in [4.69, 9.17) is 0 Å². The summed E-state index contributed by atoms with van der Waals surface area (Å²) in [6.07, 6.45) is 4.37. The Labute approximate surface area is 152 Å². The minimum atomic E-state index is 0.340. The maximum atomic E-state index is 4.46. The van der Waals surface area contributed by atoms with Crippen LogP contribution in [0.3, 0.4) is 0 Å². The lowest BCUT2D eigenvalue weighted by molar-refractivity contribution is 0.681. The first-order chi connectivity index (χ1) is 12.7. The van der Waals surface area contributed by atoms with E-state index >= 15 is 0 Å². The Morgan fingerprint density at radius 3 is 2.77 bits per heavy atom. The summed E-state index contributed by atoms with van der Waals surface area (Å²) in [6.45, 7) is 2.21. The van der Waals surface area contributed by atoms with Gasteiger partial charge in [0.1, 0.15) is 12.2 Å². The molecule has 26 heavy (non-hydrogen) atoms. The number of hydrogen-bond acceptors (Lipinski definition) is 4. The van der Waals surface area contributed by atoms with Gasteiger partial charge >= 0.3 is 0 Å². The highest BCUT2D eigenvalue weighted by Gasteiger charge is 2.13. The molecule has 6 nitrogen and oxygen atoms in total. The molecule has 1 atom stereocenters. The van der Waals surface area contributed by atoms with Crippen LogP contribution in [0, 0.1) is 0 Å². The quantitative estimate of drug-likeness (QED) is 0.600. The second-order valence-electron chi connectivity index (χ2n) is 6.47. The minimum absolute atomic E-state index is 0.340. The number of aromatic nitrogens is 6. The highest BCUT2D eigenvalue weighted by molar-refractivity contribution is 5.66. The zero-order valence-corrected chi connectivity index (χ0v) is 14.8. The molecule has 0 spiro atoms. The van der Waals surface area contributed by atoms with E-state index in [9.17, 15) is 0 Å². The van der Waals surface area contributed by atoms with Gasteiger partial charge in [-0.25, -0.2) is 0 Å². The van der Waals surface area contributed by atoms with E-state index in [0.29, 0.717) is 5.92 Å². The maximum Gasteiger partial charge on any atom is 0.133 e. The van der Waals surface area contributed by atoms with Crippen LogP contribution in [0.4, 0.5) is 0 Å². The predicted molar refractivity (Wildman–Crippen MR) is 100 cm³/mol. The Balaban J connectivity index is 1.58. The Morgan fingerprint density at radius 1 is 1.08 bits per heavy atom. The molecule has 0 aliphatic carbocycles. The van der Waals surface area contributed by atoms with E-state index < -0.39 is 0 Å². The van der Waals surface area contributed by atoms with Crippen LogP contribution in [0.1, 0.15) is 24.2 Å². The largest absolute Gasteiger partial charge is 0.321 e. The summed E-state index contributed by atoms with van der Waals surface area (Å²) in [6, 6.07) is 16.4. The number of hydrogen-bond donors (Lipinski definition) is 1. The summed E-state index contributed by atoms with van der Waals surface area (Å²) in [5.41, 5.74) is 5.06. The van der Waals surface area contributed by atoms with Crippen LogP contribution in [0.2, 0.25) is 0 Å². The molecule has 0 saturated heterocycles. The van der Waals surface area contributed by atoms with Crippen LogP contribution in [-0.4, -0.2) is 29.9 Å². The third-order valence-electron chi connectivity index (χ3n) is 4.56. The summed E-state index contributed by atoms with van der Waals surface area (Å²) in [5.74, 6) is 1.33. The zero-order valence-electron chi connectivity index (χ0n) is 14.8. The van der Waals surface area contributed by atoms with Crippen molar-refractivity contribution < 1.29 is 0 Å². The van der Waals surface area contributed by atoms with Gasteiger partial charge in [0.15, 0.2) is 0 Å². The molecule has 3 heterocycles. The molecule has 1 aromatic carbocycles. The van der Waals surface area contributed by atoms with Gasteiger partial charge in [-0.1, -0.05) is 31.2 Å². The van der Waals surface area contributed by atoms with Gasteiger partial charge < -0.3 is 4.57 Å². The average Bonchev–Trinajstić information content (AvgIpc) is 3.32. The van der Waals surface area contributed by atoms with Gasteiger partial charge in [-0.3, -0.25) is 10.1 Å². The Morgan fingerprint density at radius 2 is 2.00 bits per heavy atom.